The van der Waals surface area contributed by atoms with Crippen LogP contribution in [0.1, 0.15) is 52.5 Å². The molecule has 2 aromatic rings. The van der Waals surface area contributed by atoms with E-state index in [9.17, 15) is 19.2 Å². The van der Waals surface area contributed by atoms with Gasteiger partial charge in [-0.25, -0.2) is 4.79 Å². The van der Waals surface area contributed by atoms with Crippen molar-refractivity contribution in [3.63, 3.8) is 0 Å². The monoisotopic (exact) mass is 543 g/mol. The highest BCUT2D eigenvalue weighted by molar-refractivity contribution is 5.99. The SMILES string of the molecule is Cc1cc(=O)oc2cc(NC(=O)C(CCCN=C(N)N)NC(=O)C(CC(C)C)NC(=O)C(N)C(C)C)ccc12. The highest BCUT2D eigenvalue weighted by Crippen LogP contribution is 2.21. The molecule has 214 valence electrons. The number of guanidine groups is 1. The van der Waals surface area contributed by atoms with Crippen molar-refractivity contribution in [2.45, 2.75) is 72.0 Å². The Morgan fingerprint density at radius 3 is 2.26 bits per heavy atom. The third kappa shape index (κ3) is 9.71. The molecule has 0 bridgehead atoms. The quantitative estimate of drug-likeness (QED) is 0.0930. The fourth-order valence-corrected chi connectivity index (χ4v) is 3.95. The van der Waals surface area contributed by atoms with E-state index in [0.29, 0.717) is 24.1 Å². The van der Waals surface area contributed by atoms with Crippen LogP contribution in [0.4, 0.5) is 5.69 Å². The number of nitrogens with zero attached hydrogens (tertiary/aromatic N) is 1. The van der Waals surface area contributed by atoms with Gasteiger partial charge < -0.3 is 37.6 Å². The number of hydrogen-bond acceptors (Lipinski definition) is 7. The molecule has 1 heterocycles. The topological polar surface area (TPSA) is 208 Å². The van der Waals surface area contributed by atoms with Crippen molar-refractivity contribution in [2.24, 2.45) is 34.0 Å². The van der Waals surface area contributed by atoms with Gasteiger partial charge in [-0.05, 0) is 55.7 Å². The average molecular weight is 544 g/mol. The molecule has 0 aliphatic heterocycles. The van der Waals surface area contributed by atoms with Crippen LogP contribution < -0.4 is 38.8 Å². The number of fused-ring (bicyclic) bond motifs is 1. The maximum absolute atomic E-state index is 13.3. The Kier molecular flexibility index (Phi) is 11.5. The lowest BCUT2D eigenvalue weighted by molar-refractivity contribution is -0.132. The van der Waals surface area contributed by atoms with Gasteiger partial charge in [0.1, 0.15) is 17.7 Å². The molecule has 1 aromatic carbocycles. The summed E-state index contributed by atoms with van der Waals surface area (Å²) in [6, 6.07) is 3.74. The van der Waals surface area contributed by atoms with Crippen molar-refractivity contribution in [3.05, 3.63) is 40.2 Å². The third-order valence-electron chi connectivity index (χ3n) is 6.16. The van der Waals surface area contributed by atoms with Crippen LogP contribution in [-0.2, 0) is 14.4 Å². The van der Waals surface area contributed by atoms with Gasteiger partial charge in [0, 0.05) is 29.8 Å². The number of carbonyl (C=O) groups excluding carboxylic acids is 3. The molecule has 2 rings (SSSR count). The van der Waals surface area contributed by atoms with Crippen LogP contribution in [0.3, 0.4) is 0 Å². The number of nitrogens with one attached hydrogen (secondary N) is 3. The molecule has 0 aliphatic rings. The number of aliphatic imine (C=N–C) groups is 1. The van der Waals surface area contributed by atoms with E-state index in [0.717, 1.165) is 10.9 Å². The Hall–Kier alpha value is -3.93. The third-order valence-corrected chi connectivity index (χ3v) is 6.16. The summed E-state index contributed by atoms with van der Waals surface area (Å²) in [5.74, 6) is -1.54. The van der Waals surface area contributed by atoms with Crippen molar-refractivity contribution in [3.8, 4) is 0 Å². The lowest BCUT2D eigenvalue weighted by Crippen LogP contribution is -2.56. The molecule has 1 aromatic heterocycles. The maximum Gasteiger partial charge on any atom is 0.336 e. The molecular formula is C27H41N7O5. The highest BCUT2D eigenvalue weighted by Gasteiger charge is 2.29. The predicted octanol–water partition coefficient (Wildman–Crippen LogP) is 1.09. The summed E-state index contributed by atoms with van der Waals surface area (Å²) in [4.78, 5) is 54.9. The second-order valence-electron chi connectivity index (χ2n) is 10.4. The van der Waals surface area contributed by atoms with Crippen molar-refractivity contribution in [1.82, 2.24) is 10.6 Å². The standard InChI is InChI=1S/C27H41N7O5/c1-14(2)11-20(34-26(38)23(28)15(3)4)25(37)33-19(7-6-10-31-27(29)30)24(36)32-17-8-9-18-16(5)12-22(35)39-21(18)13-17/h8-9,12-15,19-20,23H,6-7,10-11,28H2,1-5H3,(H,32,36)(H,33,37)(H,34,38)(H4,29,30,31). The molecule has 0 saturated heterocycles. The zero-order chi connectivity index (χ0) is 29.3. The van der Waals surface area contributed by atoms with Gasteiger partial charge in [-0.1, -0.05) is 27.7 Å². The molecule has 9 N–H and O–H groups in total. The Morgan fingerprint density at radius 2 is 1.64 bits per heavy atom. The zero-order valence-electron chi connectivity index (χ0n) is 23.2. The molecule has 12 heteroatoms. The summed E-state index contributed by atoms with van der Waals surface area (Å²) in [6.07, 6.45) is 0.985. The van der Waals surface area contributed by atoms with Crippen molar-refractivity contribution in [2.75, 3.05) is 11.9 Å². The van der Waals surface area contributed by atoms with Gasteiger partial charge in [-0.2, -0.15) is 0 Å². The van der Waals surface area contributed by atoms with Crippen LogP contribution in [-0.4, -0.2) is 48.4 Å². The van der Waals surface area contributed by atoms with E-state index < -0.39 is 41.5 Å². The first-order chi connectivity index (χ1) is 18.3. The van der Waals surface area contributed by atoms with E-state index in [1.807, 2.05) is 27.7 Å². The Bertz CT molecular complexity index is 1250. The van der Waals surface area contributed by atoms with E-state index in [4.69, 9.17) is 21.6 Å². The summed E-state index contributed by atoms with van der Waals surface area (Å²) in [6.45, 7) is 9.54. The van der Waals surface area contributed by atoms with Gasteiger partial charge in [-0.15, -0.1) is 0 Å². The summed E-state index contributed by atoms with van der Waals surface area (Å²) >= 11 is 0. The fourth-order valence-electron chi connectivity index (χ4n) is 3.95. The minimum Gasteiger partial charge on any atom is -0.423 e. The van der Waals surface area contributed by atoms with E-state index in [1.54, 1.807) is 25.1 Å². The van der Waals surface area contributed by atoms with Gasteiger partial charge in [0.2, 0.25) is 17.7 Å². The van der Waals surface area contributed by atoms with E-state index in [1.165, 1.54) is 6.07 Å². The van der Waals surface area contributed by atoms with E-state index in [2.05, 4.69) is 20.9 Å². The minimum absolute atomic E-state index is 0.0748. The number of benzene rings is 1. The number of hydrogen-bond donors (Lipinski definition) is 6. The summed E-state index contributed by atoms with van der Waals surface area (Å²) in [5, 5.41) is 9.01. The van der Waals surface area contributed by atoms with Crippen LogP contribution >= 0.6 is 0 Å². The summed E-state index contributed by atoms with van der Waals surface area (Å²) in [5.41, 5.74) is 17.7. The second kappa shape index (κ2) is 14.3. The summed E-state index contributed by atoms with van der Waals surface area (Å²) < 4.78 is 5.27. The Labute approximate surface area is 228 Å². The number of anilines is 1. The first-order valence-electron chi connectivity index (χ1n) is 13.1. The van der Waals surface area contributed by atoms with E-state index in [-0.39, 0.29) is 30.8 Å². The van der Waals surface area contributed by atoms with Crippen LogP contribution in [0.5, 0.6) is 0 Å². The van der Waals surface area contributed by atoms with Crippen LogP contribution in [0.25, 0.3) is 11.0 Å². The first kappa shape index (κ1) is 31.3. The lowest BCUT2D eigenvalue weighted by atomic mass is 10.00. The molecule has 39 heavy (non-hydrogen) atoms. The van der Waals surface area contributed by atoms with Gasteiger partial charge in [0.05, 0.1) is 6.04 Å². The largest absolute Gasteiger partial charge is 0.423 e. The maximum atomic E-state index is 13.3. The predicted molar refractivity (Wildman–Crippen MR) is 152 cm³/mol. The number of rotatable bonds is 13. The fraction of sp³-hybridized carbons (Fsp3) is 0.519. The van der Waals surface area contributed by atoms with Crippen LogP contribution in [0.15, 0.2) is 38.5 Å². The first-order valence-corrected chi connectivity index (χ1v) is 13.1. The number of nitrogens with two attached hydrogens (primary N) is 3. The zero-order valence-corrected chi connectivity index (χ0v) is 23.2. The van der Waals surface area contributed by atoms with Crippen molar-refractivity contribution < 1.29 is 18.8 Å². The molecule has 0 saturated carbocycles. The number of carbonyl (C=O) groups is 3. The van der Waals surface area contributed by atoms with Gasteiger partial charge in [0.15, 0.2) is 5.96 Å². The minimum atomic E-state index is -0.961. The molecule has 3 atom stereocenters. The molecule has 0 aliphatic carbocycles. The molecule has 3 amide bonds. The molecule has 0 spiro atoms. The van der Waals surface area contributed by atoms with Gasteiger partial charge in [-0.3, -0.25) is 19.4 Å². The van der Waals surface area contributed by atoms with Gasteiger partial charge >= 0.3 is 5.63 Å². The van der Waals surface area contributed by atoms with Crippen molar-refractivity contribution >= 4 is 40.3 Å². The molecular weight excluding hydrogens is 502 g/mol. The Morgan fingerprint density at radius 1 is 0.974 bits per heavy atom. The number of aryl methyl sites for hydroxylation is 1. The summed E-state index contributed by atoms with van der Waals surface area (Å²) in [7, 11) is 0. The van der Waals surface area contributed by atoms with Gasteiger partial charge in [0.25, 0.3) is 0 Å². The number of amides is 3. The highest BCUT2D eigenvalue weighted by atomic mass is 16.4. The van der Waals surface area contributed by atoms with Crippen molar-refractivity contribution in [1.29, 1.82) is 0 Å². The second-order valence-corrected chi connectivity index (χ2v) is 10.4. The van der Waals surface area contributed by atoms with Crippen LogP contribution in [0.2, 0.25) is 0 Å². The molecule has 0 radical (unpaired) electrons. The molecule has 0 fully saturated rings. The van der Waals surface area contributed by atoms with Crippen LogP contribution in [0, 0.1) is 18.8 Å². The molecule has 3 unspecified atom stereocenters. The smallest absolute Gasteiger partial charge is 0.336 e. The molecule has 12 nitrogen and oxygen atoms in total. The lowest BCUT2D eigenvalue weighted by Gasteiger charge is -2.26. The Balaban J connectivity index is 2.25. The average Bonchev–Trinajstić information content (AvgIpc) is 2.83. The normalized spacial score (nSPS) is 13.5. The van der Waals surface area contributed by atoms with E-state index >= 15 is 0 Å².